The molecule has 3 heterocycles. The second kappa shape index (κ2) is 5.04. The number of carbonyl (C=O) groups excluding carboxylic acids is 1. The quantitative estimate of drug-likeness (QED) is 0.792. The van der Waals surface area contributed by atoms with Crippen LogP contribution in [-0.4, -0.2) is 27.1 Å². The molecule has 0 radical (unpaired) electrons. The van der Waals surface area contributed by atoms with E-state index in [0.29, 0.717) is 29.0 Å². The molecule has 3 N–H and O–H groups in total. The largest absolute Gasteiger partial charge is 0.363 e. The van der Waals surface area contributed by atoms with E-state index in [-0.39, 0.29) is 17.9 Å². The zero-order valence-corrected chi connectivity index (χ0v) is 12.0. The summed E-state index contributed by atoms with van der Waals surface area (Å²) in [5.41, 5.74) is 0.519. The summed E-state index contributed by atoms with van der Waals surface area (Å²) < 4.78 is 4.77. The molecule has 0 aliphatic carbocycles. The third kappa shape index (κ3) is 2.51. The van der Waals surface area contributed by atoms with E-state index in [0.717, 1.165) is 0 Å². The number of nitrogens with zero attached hydrogens (tertiary/aromatic N) is 3. The SMILES string of the molecule is Cc1nc(Nc2ccon2)c2c(n1)NC(C(C)C)C(=O)N2. The second-order valence-corrected chi connectivity index (χ2v) is 5.21. The number of hydrogen-bond donors (Lipinski definition) is 3. The molecule has 2 aromatic rings. The molecule has 110 valence electrons. The first-order valence-electron chi connectivity index (χ1n) is 6.68. The van der Waals surface area contributed by atoms with Crippen LogP contribution in [-0.2, 0) is 4.79 Å². The van der Waals surface area contributed by atoms with Crippen LogP contribution in [0.25, 0.3) is 0 Å². The first-order chi connectivity index (χ1) is 10.0. The van der Waals surface area contributed by atoms with Gasteiger partial charge in [-0.3, -0.25) is 4.79 Å². The van der Waals surface area contributed by atoms with Crippen LogP contribution in [0.2, 0.25) is 0 Å². The number of amides is 1. The molecule has 0 saturated heterocycles. The van der Waals surface area contributed by atoms with Crippen molar-refractivity contribution in [1.82, 2.24) is 15.1 Å². The molecular formula is C13H16N6O2. The molecule has 1 aliphatic heterocycles. The van der Waals surface area contributed by atoms with Gasteiger partial charge >= 0.3 is 0 Å². The lowest BCUT2D eigenvalue weighted by Crippen LogP contribution is -2.43. The Kier molecular flexibility index (Phi) is 3.20. The lowest BCUT2D eigenvalue weighted by Gasteiger charge is -2.29. The summed E-state index contributed by atoms with van der Waals surface area (Å²) in [4.78, 5) is 20.8. The summed E-state index contributed by atoms with van der Waals surface area (Å²) in [5, 5.41) is 12.8. The first kappa shape index (κ1) is 13.3. The molecule has 2 aromatic heterocycles. The highest BCUT2D eigenvalue weighted by molar-refractivity contribution is 6.05. The van der Waals surface area contributed by atoms with Crippen LogP contribution >= 0.6 is 0 Å². The van der Waals surface area contributed by atoms with Crippen LogP contribution in [0.3, 0.4) is 0 Å². The lowest BCUT2D eigenvalue weighted by atomic mass is 10.0. The molecule has 0 spiro atoms. The Labute approximate surface area is 121 Å². The number of carbonyl (C=O) groups is 1. The van der Waals surface area contributed by atoms with Gasteiger partial charge in [-0.2, -0.15) is 0 Å². The Hall–Kier alpha value is -2.64. The molecule has 8 nitrogen and oxygen atoms in total. The van der Waals surface area contributed by atoms with Gasteiger partial charge < -0.3 is 20.5 Å². The van der Waals surface area contributed by atoms with E-state index < -0.39 is 0 Å². The zero-order valence-electron chi connectivity index (χ0n) is 12.0. The molecule has 0 bridgehead atoms. The minimum Gasteiger partial charge on any atom is -0.363 e. The van der Waals surface area contributed by atoms with Gasteiger partial charge in [0.1, 0.15) is 23.8 Å². The third-order valence-electron chi connectivity index (χ3n) is 3.19. The van der Waals surface area contributed by atoms with E-state index in [1.54, 1.807) is 13.0 Å². The third-order valence-corrected chi connectivity index (χ3v) is 3.19. The molecule has 8 heteroatoms. The molecule has 21 heavy (non-hydrogen) atoms. The molecule has 3 rings (SSSR count). The van der Waals surface area contributed by atoms with Gasteiger partial charge in [-0.15, -0.1) is 0 Å². The summed E-state index contributed by atoms with van der Waals surface area (Å²) in [5.74, 6) is 2.23. The molecule has 0 saturated carbocycles. The summed E-state index contributed by atoms with van der Waals surface area (Å²) in [7, 11) is 0. The molecule has 1 aliphatic rings. The molecule has 1 atom stereocenters. The normalized spacial score (nSPS) is 17.1. The maximum atomic E-state index is 12.1. The van der Waals surface area contributed by atoms with Gasteiger partial charge in [0.25, 0.3) is 0 Å². The second-order valence-electron chi connectivity index (χ2n) is 5.21. The Morgan fingerprint density at radius 1 is 1.38 bits per heavy atom. The van der Waals surface area contributed by atoms with Gasteiger partial charge in [-0.25, -0.2) is 9.97 Å². The minimum atomic E-state index is -0.313. The average Bonchev–Trinajstić information content (AvgIpc) is 2.91. The van der Waals surface area contributed by atoms with Crippen LogP contribution < -0.4 is 16.0 Å². The lowest BCUT2D eigenvalue weighted by molar-refractivity contribution is -0.117. The Morgan fingerprint density at radius 3 is 2.86 bits per heavy atom. The standard InChI is InChI=1S/C13H16N6O2/c1-6(2)9-13(20)18-10-11(16-8-4-5-21-19-8)14-7(3)15-12(10)17-9/h4-6,9H,1-3H3,(H,18,20)(H2,14,15,16,17,19). The molecular weight excluding hydrogens is 272 g/mol. The maximum absolute atomic E-state index is 12.1. The van der Waals surface area contributed by atoms with E-state index in [9.17, 15) is 4.79 Å². The highest BCUT2D eigenvalue weighted by Crippen LogP contribution is 2.33. The first-order valence-corrected chi connectivity index (χ1v) is 6.68. The summed E-state index contributed by atoms with van der Waals surface area (Å²) in [6.07, 6.45) is 1.45. The Balaban J connectivity index is 1.99. The predicted octanol–water partition coefficient (Wildman–Crippen LogP) is 1.91. The van der Waals surface area contributed by atoms with Gasteiger partial charge in [0.05, 0.1) is 0 Å². The highest BCUT2D eigenvalue weighted by atomic mass is 16.5. The van der Waals surface area contributed by atoms with Gasteiger partial charge in [0, 0.05) is 6.07 Å². The van der Waals surface area contributed by atoms with E-state index in [1.807, 2.05) is 13.8 Å². The van der Waals surface area contributed by atoms with Crippen LogP contribution in [0.15, 0.2) is 16.9 Å². The monoisotopic (exact) mass is 288 g/mol. The number of anilines is 4. The van der Waals surface area contributed by atoms with E-state index in [4.69, 9.17) is 4.52 Å². The molecule has 1 unspecified atom stereocenters. The van der Waals surface area contributed by atoms with Crippen molar-refractivity contribution in [2.75, 3.05) is 16.0 Å². The van der Waals surface area contributed by atoms with Crippen molar-refractivity contribution in [3.8, 4) is 0 Å². The highest BCUT2D eigenvalue weighted by Gasteiger charge is 2.31. The number of fused-ring (bicyclic) bond motifs is 1. The predicted molar refractivity (Wildman–Crippen MR) is 77.4 cm³/mol. The van der Waals surface area contributed by atoms with E-state index in [2.05, 4.69) is 31.1 Å². The fraction of sp³-hybridized carbons (Fsp3) is 0.385. The summed E-state index contributed by atoms with van der Waals surface area (Å²) in [6, 6.07) is 1.35. The van der Waals surface area contributed by atoms with Gasteiger partial charge in [-0.1, -0.05) is 19.0 Å². The minimum absolute atomic E-state index is 0.104. The molecule has 0 aromatic carbocycles. The van der Waals surface area contributed by atoms with Gasteiger partial charge in [0.2, 0.25) is 5.91 Å². The number of aryl methyl sites for hydroxylation is 1. The van der Waals surface area contributed by atoms with E-state index >= 15 is 0 Å². The number of rotatable bonds is 3. The van der Waals surface area contributed by atoms with Crippen LogP contribution in [0, 0.1) is 12.8 Å². The van der Waals surface area contributed by atoms with Crippen molar-refractivity contribution in [3.63, 3.8) is 0 Å². The van der Waals surface area contributed by atoms with Crippen molar-refractivity contribution in [2.24, 2.45) is 5.92 Å². The van der Waals surface area contributed by atoms with Crippen molar-refractivity contribution >= 4 is 29.0 Å². The summed E-state index contributed by atoms with van der Waals surface area (Å²) >= 11 is 0. The number of nitrogens with one attached hydrogen (secondary N) is 3. The van der Waals surface area contributed by atoms with Crippen molar-refractivity contribution in [2.45, 2.75) is 26.8 Å². The van der Waals surface area contributed by atoms with Gasteiger partial charge in [-0.05, 0) is 12.8 Å². The fourth-order valence-corrected chi connectivity index (χ4v) is 2.17. The van der Waals surface area contributed by atoms with E-state index in [1.165, 1.54) is 6.26 Å². The van der Waals surface area contributed by atoms with Crippen LogP contribution in [0.5, 0.6) is 0 Å². The topological polar surface area (TPSA) is 105 Å². The average molecular weight is 288 g/mol. The molecule has 1 amide bonds. The van der Waals surface area contributed by atoms with Gasteiger partial charge in [0.15, 0.2) is 17.5 Å². The smallest absolute Gasteiger partial charge is 0.247 e. The number of hydrogen-bond acceptors (Lipinski definition) is 7. The fourth-order valence-electron chi connectivity index (χ4n) is 2.17. The van der Waals surface area contributed by atoms with Crippen molar-refractivity contribution in [3.05, 3.63) is 18.2 Å². The van der Waals surface area contributed by atoms with Crippen molar-refractivity contribution in [1.29, 1.82) is 0 Å². The maximum Gasteiger partial charge on any atom is 0.247 e. The molecule has 0 fully saturated rings. The number of aromatic nitrogens is 3. The summed E-state index contributed by atoms with van der Waals surface area (Å²) in [6.45, 7) is 5.74. The van der Waals surface area contributed by atoms with Crippen LogP contribution in [0.4, 0.5) is 23.1 Å². The van der Waals surface area contributed by atoms with Crippen LogP contribution in [0.1, 0.15) is 19.7 Å². The zero-order chi connectivity index (χ0) is 15.0. The van der Waals surface area contributed by atoms with Crippen molar-refractivity contribution < 1.29 is 9.32 Å². The Bertz CT molecular complexity index is 668. The Morgan fingerprint density at radius 2 is 2.19 bits per heavy atom.